The second-order valence-electron chi connectivity index (χ2n) is 4.28. The number of hydrogen-bond acceptors (Lipinski definition) is 3. The fourth-order valence-corrected chi connectivity index (χ4v) is 2.33. The third-order valence-corrected chi connectivity index (χ3v) is 3.33. The summed E-state index contributed by atoms with van der Waals surface area (Å²) in [5.41, 5.74) is 3.39. The summed E-state index contributed by atoms with van der Waals surface area (Å²) in [6, 6.07) is 4.02. The number of piperazine rings is 1. The van der Waals surface area contributed by atoms with Gasteiger partial charge in [-0.1, -0.05) is 6.58 Å². The lowest BCUT2D eigenvalue weighted by Gasteiger charge is -2.34. The van der Waals surface area contributed by atoms with Gasteiger partial charge in [-0.05, 0) is 18.3 Å². The van der Waals surface area contributed by atoms with Gasteiger partial charge in [0.1, 0.15) is 5.52 Å². The van der Waals surface area contributed by atoms with Crippen LogP contribution in [0.1, 0.15) is 0 Å². The Morgan fingerprint density at radius 1 is 1.29 bits per heavy atom. The van der Waals surface area contributed by atoms with Gasteiger partial charge in [0.05, 0.1) is 11.2 Å². The number of rotatable bonds is 2. The van der Waals surface area contributed by atoms with Crippen LogP contribution in [0.2, 0.25) is 0 Å². The third kappa shape index (κ3) is 1.75. The molecule has 0 spiro atoms. The standard InChI is InChI=1S/C13H16N4/c1-2-16-6-8-17(9-7-16)12-10-15-11-4-3-5-14-13(11)12/h2-5,10,15H,1,6-9H2. The SMILES string of the molecule is C=CN1CCN(c2c[nH]c3cccnc23)CC1. The van der Waals surface area contributed by atoms with E-state index >= 15 is 0 Å². The van der Waals surface area contributed by atoms with Crippen LogP contribution in [0.15, 0.2) is 37.3 Å². The number of pyridine rings is 1. The molecule has 1 fully saturated rings. The molecular formula is C13H16N4. The van der Waals surface area contributed by atoms with Crippen LogP contribution in [0.3, 0.4) is 0 Å². The lowest BCUT2D eigenvalue weighted by atomic mass is 10.2. The normalized spacial score (nSPS) is 16.5. The van der Waals surface area contributed by atoms with Crippen molar-refractivity contribution in [2.75, 3.05) is 31.1 Å². The van der Waals surface area contributed by atoms with E-state index in [1.54, 1.807) is 0 Å². The zero-order chi connectivity index (χ0) is 11.7. The lowest BCUT2D eigenvalue weighted by Crippen LogP contribution is -2.43. The highest BCUT2D eigenvalue weighted by molar-refractivity contribution is 5.89. The minimum atomic E-state index is 1.02. The van der Waals surface area contributed by atoms with Crippen LogP contribution < -0.4 is 4.90 Å². The van der Waals surface area contributed by atoms with Gasteiger partial charge in [0.15, 0.2) is 0 Å². The van der Waals surface area contributed by atoms with E-state index in [1.165, 1.54) is 5.69 Å². The Hall–Kier alpha value is -1.97. The molecule has 0 aromatic carbocycles. The van der Waals surface area contributed by atoms with Gasteiger partial charge in [-0.2, -0.15) is 0 Å². The highest BCUT2D eigenvalue weighted by atomic mass is 15.3. The number of anilines is 1. The van der Waals surface area contributed by atoms with E-state index in [0.29, 0.717) is 0 Å². The monoisotopic (exact) mass is 228 g/mol. The first kappa shape index (κ1) is 10.2. The smallest absolute Gasteiger partial charge is 0.111 e. The molecule has 0 saturated carbocycles. The Balaban J connectivity index is 1.87. The van der Waals surface area contributed by atoms with Gasteiger partial charge < -0.3 is 14.8 Å². The van der Waals surface area contributed by atoms with E-state index < -0.39 is 0 Å². The van der Waals surface area contributed by atoms with Crippen LogP contribution in [0.5, 0.6) is 0 Å². The Morgan fingerprint density at radius 2 is 2.12 bits per heavy atom. The minimum Gasteiger partial charge on any atom is -0.374 e. The molecule has 3 rings (SSSR count). The van der Waals surface area contributed by atoms with Crippen LogP contribution >= 0.6 is 0 Å². The first-order valence-electron chi connectivity index (χ1n) is 5.92. The molecule has 1 aliphatic heterocycles. The molecule has 0 amide bonds. The first-order valence-corrected chi connectivity index (χ1v) is 5.92. The maximum Gasteiger partial charge on any atom is 0.111 e. The van der Waals surface area contributed by atoms with Crippen molar-refractivity contribution < 1.29 is 0 Å². The molecule has 17 heavy (non-hydrogen) atoms. The molecule has 1 aliphatic rings. The summed E-state index contributed by atoms with van der Waals surface area (Å²) in [6.07, 6.45) is 5.83. The number of hydrogen-bond donors (Lipinski definition) is 1. The number of fused-ring (bicyclic) bond motifs is 1. The maximum atomic E-state index is 4.45. The molecule has 0 atom stereocenters. The predicted molar refractivity (Wildman–Crippen MR) is 70.1 cm³/mol. The highest BCUT2D eigenvalue weighted by Gasteiger charge is 2.17. The number of aromatic nitrogens is 2. The van der Waals surface area contributed by atoms with Crippen LogP contribution in [0, 0.1) is 0 Å². The zero-order valence-electron chi connectivity index (χ0n) is 9.76. The summed E-state index contributed by atoms with van der Waals surface area (Å²) in [5, 5.41) is 0. The molecule has 2 aromatic heterocycles. The Labute approximate surface area is 101 Å². The number of H-pyrrole nitrogens is 1. The van der Waals surface area contributed by atoms with Crippen molar-refractivity contribution in [1.29, 1.82) is 0 Å². The van der Waals surface area contributed by atoms with E-state index in [1.807, 2.05) is 18.5 Å². The Bertz CT molecular complexity index is 523. The summed E-state index contributed by atoms with van der Waals surface area (Å²) in [4.78, 5) is 12.4. The maximum absolute atomic E-state index is 4.45. The second kappa shape index (κ2) is 4.13. The van der Waals surface area contributed by atoms with Gasteiger partial charge in [0.2, 0.25) is 0 Å². The van der Waals surface area contributed by atoms with Gasteiger partial charge in [0, 0.05) is 38.6 Å². The van der Waals surface area contributed by atoms with Gasteiger partial charge in [-0.25, -0.2) is 0 Å². The molecule has 0 bridgehead atoms. The quantitative estimate of drug-likeness (QED) is 0.851. The molecule has 88 valence electrons. The Morgan fingerprint density at radius 3 is 2.88 bits per heavy atom. The molecule has 4 nitrogen and oxygen atoms in total. The average Bonchev–Trinajstić information content (AvgIpc) is 2.83. The fourth-order valence-electron chi connectivity index (χ4n) is 2.33. The number of nitrogens with one attached hydrogen (secondary N) is 1. The molecule has 0 radical (unpaired) electrons. The first-order chi connectivity index (χ1) is 8.38. The van der Waals surface area contributed by atoms with E-state index in [2.05, 4.69) is 38.6 Å². The number of nitrogens with zero attached hydrogens (tertiary/aromatic N) is 3. The largest absolute Gasteiger partial charge is 0.374 e. The molecule has 0 unspecified atom stereocenters. The average molecular weight is 228 g/mol. The van der Waals surface area contributed by atoms with Crippen molar-refractivity contribution in [3.63, 3.8) is 0 Å². The summed E-state index contributed by atoms with van der Waals surface area (Å²) in [6.45, 7) is 7.92. The van der Waals surface area contributed by atoms with E-state index in [0.717, 1.165) is 37.2 Å². The fraction of sp³-hybridized carbons (Fsp3) is 0.308. The van der Waals surface area contributed by atoms with Crippen molar-refractivity contribution in [3.05, 3.63) is 37.3 Å². The van der Waals surface area contributed by atoms with E-state index in [9.17, 15) is 0 Å². The zero-order valence-corrected chi connectivity index (χ0v) is 9.76. The molecule has 2 aromatic rings. The summed E-state index contributed by atoms with van der Waals surface area (Å²) in [7, 11) is 0. The van der Waals surface area contributed by atoms with Crippen molar-refractivity contribution in [3.8, 4) is 0 Å². The van der Waals surface area contributed by atoms with Crippen LogP contribution in [-0.4, -0.2) is 41.0 Å². The van der Waals surface area contributed by atoms with Gasteiger partial charge in [0.25, 0.3) is 0 Å². The topological polar surface area (TPSA) is 35.2 Å². The van der Waals surface area contributed by atoms with Crippen molar-refractivity contribution in [1.82, 2.24) is 14.9 Å². The summed E-state index contributed by atoms with van der Waals surface area (Å²) < 4.78 is 0. The lowest BCUT2D eigenvalue weighted by molar-refractivity contribution is 0.350. The highest BCUT2D eigenvalue weighted by Crippen LogP contribution is 2.25. The van der Waals surface area contributed by atoms with Gasteiger partial charge in [-0.3, -0.25) is 4.98 Å². The van der Waals surface area contributed by atoms with E-state index in [4.69, 9.17) is 0 Å². The van der Waals surface area contributed by atoms with Gasteiger partial charge >= 0.3 is 0 Å². The van der Waals surface area contributed by atoms with Crippen molar-refractivity contribution in [2.45, 2.75) is 0 Å². The van der Waals surface area contributed by atoms with Crippen LogP contribution in [0.4, 0.5) is 5.69 Å². The predicted octanol–water partition coefficient (Wildman–Crippen LogP) is 1.83. The van der Waals surface area contributed by atoms with Crippen LogP contribution in [-0.2, 0) is 0 Å². The molecule has 1 N–H and O–H groups in total. The van der Waals surface area contributed by atoms with Crippen molar-refractivity contribution >= 4 is 16.7 Å². The Kier molecular flexibility index (Phi) is 2.48. The minimum absolute atomic E-state index is 1.02. The molecule has 1 saturated heterocycles. The van der Waals surface area contributed by atoms with E-state index in [-0.39, 0.29) is 0 Å². The molecular weight excluding hydrogens is 212 g/mol. The molecule has 4 heteroatoms. The van der Waals surface area contributed by atoms with Gasteiger partial charge in [-0.15, -0.1) is 0 Å². The third-order valence-electron chi connectivity index (χ3n) is 3.33. The summed E-state index contributed by atoms with van der Waals surface area (Å²) in [5.74, 6) is 0. The second-order valence-corrected chi connectivity index (χ2v) is 4.28. The van der Waals surface area contributed by atoms with Crippen LogP contribution in [0.25, 0.3) is 11.0 Å². The summed E-state index contributed by atoms with van der Waals surface area (Å²) >= 11 is 0. The molecule has 3 heterocycles. The van der Waals surface area contributed by atoms with Crippen molar-refractivity contribution in [2.24, 2.45) is 0 Å². The molecule has 0 aliphatic carbocycles. The number of aromatic amines is 1.